The quantitative estimate of drug-likeness (QED) is 0.113. The molecule has 0 spiro atoms. The van der Waals surface area contributed by atoms with Crippen LogP contribution in [0.15, 0.2) is 108 Å². The molecule has 0 fully saturated rings. The summed E-state index contributed by atoms with van der Waals surface area (Å²) in [5, 5.41) is 8.12. The first kappa shape index (κ1) is 32.9. The standard InChI is InChI=1S/C36H37N3O5S/c1-23(2)26-13-11-25(12-14-26)21-32(39-35(41)27-9-7-6-8-10-27)36(42)37-28-15-18-30(19-16-28)45-24(3)34(40)38-31-22-29(43-4)17-20-33(31)44-5/h6-24H,1-5H3,(H,37,42)(H,38,40)(H,39,41)/b32-21-. The minimum absolute atomic E-state index is 0.109. The van der Waals surface area contributed by atoms with Crippen molar-refractivity contribution in [3.05, 3.63) is 119 Å². The maximum Gasteiger partial charge on any atom is 0.272 e. The van der Waals surface area contributed by atoms with E-state index in [0.717, 1.165) is 10.5 Å². The van der Waals surface area contributed by atoms with Crippen molar-refractivity contribution in [2.45, 2.75) is 36.8 Å². The number of benzene rings is 4. The van der Waals surface area contributed by atoms with Crippen LogP contribution in [0.5, 0.6) is 11.5 Å². The molecule has 3 amide bonds. The third-order valence-corrected chi connectivity index (χ3v) is 8.01. The number of ether oxygens (including phenoxy) is 2. The van der Waals surface area contributed by atoms with Gasteiger partial charge in [-0.3, -0.25) is 14.4 Å². The SMILES string of the molecule is COc1ccc(OC)c(NC(=O)C(C)Sc2ccc(NC(=O)/C(=C/c3ccc(C(C)C)cc3)NC(=O)c3ccccc3)cc2)c1. The summed E-state index contributed by atoms with van der Waals surface area (Å²) in [7, 11) is 3.09. The van der Waals surface area contributed by atoms with Crippen molar-refractivity contribution >= 4 is 46.9 Å². The molecule has 4 aromatic rings. The highest BCUT2D eigenvalue weighted by Crippen LogP contribution is 2.31. The molecule has 9 heteroatoms. The van der Waals surface area contributed by atoms with Gasteiger partial charge in [-0.05, 0) is 78.6 Å². The highest BCUT2D eigenvalue weighted by atomic mass is 32.2. The smallest absolute Gasteiger partial charge is 0.272 e. The van der Waals surface area contributed by atoms with Crippen molar-refractivity contribution in [1.82, 2.24) is 5.32 Å². The summed E-state index contributed by atoms with van der Waals surface area (Å²) in [6.45, 7) is 6.04. The fraction of sp³-hybridized carbons (Fsp3) is 0.194. The first-order valence-corrected chi connectivity index (χ1v) is 15.3. The molecular weight excluding hydrogens is 586 g/mol. The lowest BCUT2D eigenvalue weighted by atomic mass is 10.0. The summed E-state index contributed by atoms with van der Waals surface area (Å²) >= 11 is 1.37. The van der Waals surface area contributed by atoms with Gasteiger partial charge in [0.15, 0.2) is 0 Å². The third-order valence-electron chi connectivity index (χ3n) is 6.90. The second kappa shape index (κ2) is 15.6. The summed E-state index contributed by atoms with van der Waals surface area (Å²) < 4.78 is 10.6. The number of nitrogens with one attached hydrogen (secondary N) is 3. The predicted molar refractivity (Wildman–Crippen MR) is 181 cm³/mol. The Morgan fingerprint density at radius 1 is 0.778 bits per heavy atom. The average Bonchev–Trinajstić information content (AvgIpc) is 3.05. The van der Waals surface area contributed by atoms with Gasteiger partial charge in [0.05, 0.1) is 25.2 Å². The Hall–Kier alpha value is -5.02. The highest BCUT2D eigenvalue weighted by Gasteiger charge is 2.18. The van der Waals surface area contributed by atoms with Crippen LogP contribution in [0.25, 0.3) is 6.08 Å². The van der Waals surface area contributed by atoms with Crippen molar-refractivity contribution in [2.75, 3.05) is 24.9 Å². The zero-order valence-electron chi connectivity index (χ0n) is 25.9. The Labute approximate surface area is 268 Å². The number of hydrogen-bond acceptors (Lipinski definition) is 6. The van der Waals surface area contributed by atoms with Crippen LogP contribution < -0.4 is 25.4 Å². The van der Waals surface area contributed by atoms with Crippen LogP contribution in [0.3, 0.4) is 0 Å². The van der Waals surface area contributed by atoms with Crippen LogP contribution in [0, 0.1) is 0 Å². The van der Waals surface area contributed by atoms with Gasteiger partial charge in [0.2, 0.25) is 5.91 Å². The fourth-order valence-electron chi connectivity index (χ4n) is 4.31. The highest BCUT2D eigenvalue weighted by molar-refractivity contribution is 8.00. The van der Waals surface area contributed by atoms with Crippen LogP contribution in [0.2, 0.25) is 0 Å². The van der Waals surface area contributed by atoms with Gasteiger partial charge in [0.25, 0.3) is 11.8 Å². The molecule has 4 aromatic carbocycles. The second-order valence-electron chi connectivity index (χ2n) is 10.5. The van der Waals surface area contributed by atoms with E-state index in [1.54, 1.807) is 67.8 Å². The molecule has 1 unspecified atom stereocenters. The molecule has 0 aliphatic heterocycles. The van der Waals surface area contributed by atoms with E-state index in [4.69, 9.17) is 9.47 Å². The van der Waals surface area contributed by atoms with Crippen molar-refractivity contribution in [3.8, 4) is 11.5 Å². The Kier molecular flexibility index (Phi) is 11.4. The second-order valence-corrected chi connectivity index (χ2v) is 11.9. The number of carbonyl (C=O) groups is 3. The summed E-state index contributed by atoms with van der Waals surface area (Å²) in [5.41, 5.74) is 3.57. The van der Waals surface area contributed by atoms with Crippen LogP contribution in [-0.2, 0) is 9.59 Å². The van der Waals surface area contributed by atoms with Gasteiger partial charge < -0.3 is 25.4 Å². The molecule has 4 rings (SSSR count). The van der Waals surface area contributed by atoms with E-state index in [0.29, 0.717) is 34.4 Å². The van der Waals surface area contributed by atoms with E-state index in [1.165, 1.54) is 24.4 Å². The van der Waals surface area contributed by atoms with E-state index in [-0.39, 0.29) is 17.5 Å². The van der Waals surface area contributed by atoms with Crippen LogP contribution >= 0.6 is 11.8 Å². The number of rotatable bonds is 12. The van der Waals surface area contributed by atoms with Crippen molar-refractivity contribution in [3.63, 3.8) is 0 Å². The molecule has 0 aromatic heterocycles. The molecule has 0 saturated carbocycles. The molecular formula is C36H37N3O5S. The molecule has 0 bridgehead atoms. The number of carbonyl (C=O) groups excluding carboxylic acids is 3. The zero-order valence-corrected chi connectivity index (χ0v) is 26.7. The maximum atomic E-state index is 13.4. The van der Waals surface area contributed by atoms with Crippen molar-refractivity contribution in [1.29, 1.82) is 0 Å². The molecule has 0 saturated heterocycles. The third kappa shape index (κ3) is 9.23. The lowest BCUT2D eigenvalue weighted by molar-refractivity contribution is -0.115. The van der Waals surface area contributed by atoms with Crippen LogP contribution in [0.1, 0.15) is 48.2 Å². The summed E-state index contributed by atoms with van der Waals surface area (Å²) in [4.78, 5) is 40.1. The molecule has 0 aliphatic carbocycles. The molecule has 1 atom stereocenters. The molecule has 0 radical (unpaired) electrons. The Balaban J connectivity index is 1.44. The Bertz CT molecular complexity index is 1650. The average molecular weight is 624 g/mol. The van der Waals surface area contributed by atoms with E-state index in [9.17, 15) is 14.4 Å². The van der Waals surface area contributed by atoms with Crippen LogP contribution in [-0.4, -0.2) is 37.2 Å². The van der Waals surface area contributed by atoms with Crippen molar-refractivity contribution < 1.29 is 23.9 Å². The first-order valence-electron chi connectivity index (χ1n) is 14.5. The van der Waals surface area contributed by atoms with Gasteiger partial charge in [-0.25, -0.2) is 0 Å². The maximum absolute atomic E-state index is 13.4. The van der Waals surface area contributed by atoms with E-state index >= 15 is 0 Å². The summed E-state index contributed by atoms with van der Waals surface area (Å²) in [6, 6.07) is 28.9. The van der Waals surface area contributed by atoms with Gasteiger partial charge in [-0.1, -0.05) is 56.3 Å². The number of amides is 3. The topological polar surface area (TPSA) is 106 Å². The minimum Gasteiger partial charge on any atom is -0.497 e. The minimum atomic E-state index is -0.465. The van der Waals surface area contributed by atoms with Gasteiger partial charge in [0.1, 0.15) is 17.2 Å². The zero-order chi connectivity index (χ0) is 32.3. The largest absolute Gasteiger partial charge is 0.497 e. The van der Waals surface area contributed by atoms with E-state index in [1.807, 2.05) is 49.4 Å². The summed E-state index contributed by atoms with van der Waals surface area (Å²) in [5.74, 6) is 0.454. The number of methoxy groups -OCH3 is 2. The van der Waals surface area contributed by atoms with E-state index in [2.05, 4.69) is 29.8 Å². The first-order chi connectivity index (χ1) is 21.7. The van der Waals surface area contributed by atoms with Gasteiger partial charge >= 0.3 is 0 Å². The van der Waals surface area contributed by atoms with Gasteiger partial charge in [-0.15, -0.1) is 11.8 Å². The lowest BCUT2D eigenvalue weighted by Gasteiger charge is -2.15. The van der Waals surface area contributed by atoms with Crippen molar-refractivity contribution in [2.24, 2.45) is 0 Å². The Morgan fingerprint density at radius 2 is 1.47 bits per heavy atom. The van der Waals surface area contributed by atoms with Gasteiger partial charge in [-0.2, -0.15) is 0 Å². The lowest BCUT2D eigenvalue weighted by Crippen LogP contribution is -2.30. The monoisotopic (exact) mass is 623 g/mol. The molecule has 232 valence electrons. The number of thioether (sulfide) groups is 1. The van der Waals surface area contributed by atoms with Gasteiger partial charge in [0, 0.05) is 22.2 Å². The van der Waals surface area contributed by atoms with Crippen LogP contribution in [0.4, 0.5) is 11.4 Å². The number of anilines is 2. The number of hydrogen-bond donors (Lipinski definition) is 3. The predicted octanol–water partition coefficient (Wildman–Crippen LogP) is 7.36. The molecule has 45 heavy (non-hydrogen) atoms. The molecule has 3 N–H and O–H groups in total. The molecule has 0 heterocycles. The fourth-order valence-corrected chi connectivity index (χ4v) is 5.17. The molecule has 0 aliphatic rings. The normalized spacial score (nSPS) is 11.8. The summed E-state index contributed by atoms with van der Waals surface area (Å²) in [6.07, 6.45) is 1.65. The van der Waals surface area contributed by atoms with E-state index < -0.39 is 11.2 Å². The molecule has 8 nitrogen and oxygen atoms in total. The Morgan fingerprint density at radius 3 is 2.09 bits per heavy atom.